The number of rotatable bonds is 10. The van der Waals surface area contributed by atoms with Crippen LogP contribution in [-0.2, 0) is 21.3 Å². The predicted molar refractivity (Wildman–Crippen MR) is 128 cm³/mol. The van der Waals surface area contributed by atoms with Gasteiger partial charge in [-0.1, -0.05) is 45.0 Å². The van der Waals surface area contributed by atoms with Gasteiger partial charge < -0.3 is 20.1 Å². The zero-order valence-electron chi connectivity index (χ0n) is 17.9. The van der Waals surface area contributed by atoms with Gasteiger partial charge in [0.2, 0.25) is 0 Å². The van der Waals surface area contributed by atoms with E-state index in [0.717, 1.165) is 64.7 Å². The Bertz CT molecular complexity index is 570. The van der Waals surface area contributed by atoms with Crippen LogP contribution in [-0.4, -0.2) is 52.5 Å². The highest BCUT2D eigenvalue weighted by atomic mass is 127. The van der Waals surface area contributed by atoms with Crippen molar-refractivity contribution in [2.45, 2.75) is 45.4 Å². The van der Waals surface area contributed by atoms with Crippen molar-refractivity contribution in [2.75, 3.05) is 46.6 Å². The van der Waals surface area contributed by atoms with E-state index in [1.807, 2.05) is 7.05 Å². The minimum atomic E-state index is 0. The van der Waals surface area contributed by atoms with Crippen molar-refractivity contribution in [1.29, 1.82) is 0 Å². The quantitative estimate of drug-likeness (QED) is 0.221. The lowest BCUT2D eigenvalue weighted by molar-refractivity contribution is 0.0888. The zero-order valence-corrected chi connectivity index (χ0v) is 20.3. The number of nitrogens with zero attached hydrogens (tertiary/aromatic N) is 1. The zero-order chi connectivity index (χ0) is 19.5. The second-order valence-electron chi connectivity index (χ2n) is 7.94. The number of aliphatic imine (C=N–C) groups is 1. The molecule has 2 rings (SSSR count). The SMILES string of the molecule is CCc1ccc(C(C)(C)CNC(=NC)NCCCOCC2CCOC2)cc1.I. The van der Waals surface area contributed by atoms with E-state index in [1.165, 1.54) is 11.1 Å². The summed E-state index contributed by atoms with van der Waals surface area (Å²) in [6.45, 7) is 11.7. The number of guanidine groups is 1. The van der Waals surface area contributed by atoms with Crippen LogP contribution in [0.3, 0.4) is 0 Å². The molecular weight excluding hydrogens is 465 g/mol. The minimum Gasteiger partial charge on any atom is -0.381 e. The van der Waals surface area contributed by atoms with Crippen molar-refractivity contribution in [1.82, 2.24) is 10.6 Å². The second kappa shape index (κ2) is 13.4. The van der Waals surface area contributed by atoms with Crippen LogP contribution in [0, 0.1) is 5.92 Å². The summed E-state index contributed by atoms with van der Waals surface area (Å²) in [5.74, 6) is 1.43. The molecule has 2 N–H and O–H groups in total. The van der Waals surface area contributed by atoms with E-state index in [4.69, 9.17) is 9.47 Å². The fourth-order valence-corrected chi connectivity index (χ4v) is 3.16. The smallest absolute Gasteiger partial charge is 0.191 e. The molecule has 1 fully saturated rings. The molecule has 1 unspecified atom stereocenters. The molecular formula is C22H38IN3O2. The Morgan fingerprint density at radius 2 is 2.00 bits per heavy atom. The van der Waals surface area contributed by atoms with E-state index < -0.39 is 0 Å². The highest BCUT2D eigenvalue weighted by Gasteiger charge is 2.21. The summed E-state index contributed by atoms with van der Waals surface area (Å²) < 4.78 is 11.1. The van der Waals surface area contributed by atoms with Crippen LogP contribution in [0.15, 0.2) is 29.3 Å². The fourth-order valence-electron chi connectivity index (χ4n) is 3.16. The third-order valence-corrected chi connectivity index (χ3v) is 5.20. The van der Waals surface area contributed by atoms with Gasteiger partial charge in [0.15, 0.2) is 5.96 Å². The highest BCUT2D eigenvalue weighted by Crippen LogP contribution is 2.22. The monoisotopic (exact) mass is 503 g/mol. The maximum Gasteiger partial charge on any atom is 0.191 e. The van der Waals surface area contributed by atoms with Crippen molar-refractivity contribution in [3.63, 3.8) is 0 Å². The van der Waals surface area contributed by atoms with Gasteiger partial charge in [0.25, 0.3) is 0 Å². The van der Waals surface area contributed by atoms with Gasteiger partial charge in [0.05, 0.1) is 13.2 Å². The third-order valence-electron chi connectivity index (χ3n) is 5.20. The van der Waals surface area contributed by atoms with Crippen molar-refractivity contribution >= 4 is 29.9 Å². The van der Waals surface area contributed by atoms with Gasteiger partial charge in [-0.05, 0) is 30.4 Å². The Balaban J connectivity index is 0.00000392. The largest absolute Gasteiger partial charge is 0.381 e. The minimum absolute atomic E-state index is 0. The molecule has 1 atom stereocenters. The first kappa shape index (κ1) is 25.2. The summed E-state index contributed by atoms with van der Waals surface area (Å²) in [7, 11) is 1.81. The topological polar surface area (TPSA) is 54.9 Å². The first-order valence-electron chi connectivity index (χ1n) is 10.2. The molecule has 1 heterocycles. The summed E-state index contributed by atoms with van der Waals surface area (Å²) in [5, 5.41) is 6.83. The van der Waals surface area contributed by atoms with Gasteiger partial charge in [0.1, 0.15) is 0 Å². The summed E-state index contributed by atoms with van der Waals surface area (Å²) in [6.07, 6.45) is 3.18. The summed E-state index contributed by atoms with van der Waals surface area (Å²) >= 11 is 0. The normalized spacial score (nSPS) is 17.3. The van der Waals surface area contributed by atoms with Crippen LogP contribution >= 0.6 is 24.0 Å². The van der Waals surface area contributed by atoms with Crippen LogP contribution in [0.2, 0.25) is 0 Å². The lowest BCUT2D eigenvalue weighted by atomic mass is 9.84. The molecule has 0 radical (unpaired) electrons. The number of nitrogens with one attached hydrogen (secondary N) is 2. The molecule has 1 aliphatic rings. The molecule has 6 heteroatoms. The van der Waals surface area contributed by atoms with Gasteiger partial charge in [-0.15, -0.1) is 24.0 Å². The molecule has 1 saturated heterocycles. The van der Waals surface area contributed by atoms with E-state index in [0.29, 0.717) is 5.92 Å². The van der Waals surface area contributed by atoms with Crippen molar-refractivity contribution in [2.24, 2.45) is 10.9 Å². The lowest BCUT2D eigenvalue weighted by Gasteiger charge is -2.27. The van der Waals surface area contributed by atoms with Crippen LogP contribution in [0.5, 0.6) is 0 Å². The predicted octanol–water partition coefficient (Wildman–Crippen LogP) is 3.75. The molecule has 0 amide bonds. The first-order chi connectivity index (χ1) is 13.0. The summed E-state index contributed by atoms with van der Waals surface area (Å²) in [5.41, 5.74) is 2.76. The summed E-state index contributed by atoms with van der Waals surface area (Å²) in [4.78, 5) is 4.33. The second-order valence-corrected chi connectivity index (χ2v) is 7.94. The van der Waals surface area contributed by atoms with E-state index in [1.54, 1.807) is 0 Å². The van der Waals surface area contributed by atoms with Gasteiger partial charge in [-0.3, -0.25) is 4.99 Å². The average molecular weight is 503 g/mol. The van der Waals surface area contributed by atoms with Crippen LogP contribution in [0.4, 0.5) is 0 Å². The molecule has 1 aromatic rings. The third kappa shape index (κ3) is 8.66. The highest BCUT2D eigenvalue weighted by molar-refractivity contribution is 14.0. The Labute approximate surface area is 188 Å². The van der Waals surface area contributed by atoms with E-state index in [2.05, 4.69) is 60.7 Å². The Morgan fingerprint density at radius 3 is 2.61 bits per heavy atom. The average Bonchev–Trinajstić information content (AvgIpc) is 3.20. The van der Waals surface area contributed by atoms with Crippen LogP contribution in [0.25, 0.3) is 0 Å². The van der Waals surface area contributed by atoms with E-state index in [-0.39, 0.29) is 29.4 Å². The molecule has 0 saturated carbocycles. The maximum atomic E-state index is 5.74. The Hall–Kier alpha value is -0.860. The van der Waals surface area contributed by atoms with Gasteiger partial charge in [0, 0.05) is 44.7 Å². The number of aryl methyl sites for hydroxylation is 1. The Morgan fingerprint density at radius 1 is 1.25 bits per heavy atom. The van der Waals surface area contributed by atoms with Crippen molar-refractivity contribution in [3.8, 4) is 0 Å². The first-order valence-corrected chi connectivity index (χ1v) is 10.2. The lowest BCUT2D eigenvalue weighted by Crippen LogP contribution is -2.43. The van der Waals surface area contributed by atoms with Gasteiger partial charge in [-0.25, -0.2) is 0 Å². The Kier molecular flexibility index (Phi) is 12.0. The van der Waals surface area contributed by atoms with Gasteiger partial charge in [-0.2, -0.15) is 0 Å². The standard InChI is InChI=1S/C22H37N3O2.HI/c1-5-18-7-9-20(10-8-18)22(2,3)17-25-21(23-4)24-12-6-13-26-15-19-11-14-27-16-19;/h7-10,19H,5-6,11-17H2,1-4H3,(H2,23,24,25);1H. The fraction of sp³-hybridized carbons (Fsp3) is 0.682. The number of ether oxygens (including phenoxy) is 2. The van der Waals surface area contributed by atoms with Crippen molar-refractivity contribution in [3.05, 3.63) is 35.4 Å². The van der Waals surface area contributed by atoms with Crippen LogP contribution in [0.1, 0.15) is 44.7 Å². The molecule has 0 bridgehead atoms. The number of hydrogen-bond donors (Lipinski definition) is 2. The van der Waals surface area contributed by atoms with E-state index >= 15 is 0 Å². The number of benzene rings is 1. The van der Waals surface area contributed by atoms with E-state index in [9.17, 15) is 0 Å². The number of hydrogen-bond acceptors (Lipinski definition) is 3. The molecule has 0 spiro atoms. The number of halogens is 1. The summed E-state index contributed by atoms with van der Waals surface area (Å²) in [6, 6.07) is 8.93. The molecule has 1 aromatic carbocycles. The van der Waals surface area contributed by atoms with Gasteiger partial charge >= 0.3 is 0 Å². The molecule has 0 aliphatic carbocycles. The van der Waals surface area contributed by atoms with Crippen molar-refractivity contribution < 1.29 is 9.47 Å². The molecule has 1 aliphatic heterocycles. The molecule has 28 heavy (non-hydrogen) atoms. The molecule has 5 nitrogen and oxygen atoms in total. The molecule has 0 aromatic heterocycles. The maximum absolute atomic E-state index is 5.74. The van der Waals surface area contributed by atoms with Crippen LogP contribution < -0.4 is 10.6 Å². The molecule has 160 valence electrons.